The van der Waals surface area contributed by atoms with Crippen molar-refractivity contribution < 1.29 is 8.78 Å². The second-order valence-electron chi connectivity index (χ2n) is 7.66. The number of rotatable bonds is 3. The van der Waals surface area contributed by atoms with Crippen LogP contribution in [-0.4, -0.2) is 45.6 Å². The van der Waals surface area contributed by atoms with E-state index in [0.717, 1.165) is 27.8 Å². The molecule has 5 rings (SSSR count). The van der Waals surface area contributed by atoms with Gasteiger partial charge in [-0.15, -0.1) is 0 Å². The molecular formula is C20H20F2N6. The first kappa shape index (κ1) is 17.0. The van der Waals surface area contributed by atoms with Gasteiger partial charge in [0.2, 0.25) is 0 Å². The molecule has 0 aliphatic carbocycles. The van der Waals surface area contributed by atoms with Crippen LogP contribution in [0.2, 0.25) is 0 Å². The summed E-state index contributed by atoms with van der Waals surface area (Å²) in [5.41, 5.74) is 2.78. The minimum Gasteiger partial charge on any atom is -0.372 e. The Morgan fingerprint density at radius 3 is 2.79 bits per heavy atom. The molecule has 1 aliphatic rings. The van der Waals surface area contributed by atoms with E-state index in [9.17, 15) is 4.39 Å². The first-order chi connectivity index (χ1) is 13.4. The highest BCUT2D eigenvalue weighted by molar-refractivity contribution is 6.03. The second-order valence-corrected chi connectivity index (χ2v) is 7.66. The van der Waals surface area contributed by atoms with E-state index in [1.807, 2.05) is 31.4 Å². The van der Waals surface area contributed by atoms with Crippen LogP contribution in [0.1, 0.15) is 12.5 Å². The van der Waals surface area contributed by atoms with Crippen LogP contribution in [-0.2, 0) is 0 Å². The zero-order chi connectivity index (χ0) is 19.6. The van der Waals surface area contributed by atoms with Gasteiger partial charge in [0.05, 0.1) is 36.0 Å². The lowest BCUT2D eigenvalue weighted by Gasteiger charge is -2.44. The van der Waals surface area contributed by atoms with Gasteiger partial charge >= 0.3 is 0 Å². The fourth-order valence-electron chi connectivity index (χ4n) is 4.10. The highest BCUT2D eigenvalue weighted by atomic mass is 19.1. The van der Waals surface area contributed by atoms with Gasteiger partial charge in [-0.1, -0.05) is 0 Å². The third kappa shape index (κ3) is 2.37. The maximum atomic E-state index is 15.4. The molecule has 6 nitrogen and oxygen atoms in total. The van der Waals surface area contributed by atoms with Gasteiger partial charge in [-0.3, -0.25) is 5.10 Å². The van der Waals surface area contributed by atoms with Crippen molar-refractivity contribution in [1.82, 2.24) is 19.8 Å². The average molecular weight is 382 g/mol. The molecule has 0 amide bonds. The summed E-state index contributed by atoms with van der Waals surface area (Å²) in [6.45, 7) is 3.64. The Morgan fingerprint density at radius 1 is 1.29 bits per heavy atom. The van der Waals surface area contributed by atoms with Crippen molar-refractivity contribution in [3.63, 3.8) is 0 Å². The first-order valence-electron chi connectivity index (χ1n) is 9.14. The number of hydrogen-bond acceptors (Lipinski definition) is 4. The third-order valence-electron chi connectivity index (χ3n) is 5.42. The Labute approximate surface area is 160 Å². The number of fused-ring (bicyclic) bond motifs is 2. The Morgan fingerprint density at radius 2 is 2.07 bits per heavy atom. The number of alkyl halides is 1. The number of H-pyrrole nitrogens is 1. The maximum Gasteiger partial charge on any atom is 0.152 e. The molecule has 144 valence electrons. The zero-order valence-corrected chi connectivity index (χ0v) is 15.8. The molecule has 28 heavy (non-hydrogen) atoms. The molecule has 0 radical (unpaired) electrons. The van der Waals surface area contributed by atoms with E-state index in [4.69, 9.17) is 0 Å². The molecule has 1 aromatic carbocycles. The van der Waals surface area contributed by atoms with E-state index in [1.165, 1.54) is 6.92 Å². The van der Waals surface area contributed by atoms with Crippen molar-refractivity contribution in [2.45, 2.75) is 19.5 Å². The molecule has 1 fully saturated rings. The number of halogens is 2. The Hall–Kier alpha value is -3.16. The Bertz CT molecular complexity index is 1210. The number of pyridine rings is 1. The van der Waals surface area contributed by atoms with E-state index in [1.54, 1.807) is 22.5 Å². The lowest BCUT2D eigenvalue weighted by molar-refractivity contribution is 0.144. The summed E-state index contributed by atoms with van der Waals surface area (Å²) in [5, 5.41) is 15.3. The highest BCUT2D eigenvalue weighted by Gasteiger charge is 2.41. The summed E-state index contributed by atoms with van der Waals surface area (Å²) in [6, 6.07) is 5.82. The van der Waals surface area contributed by atoms with Gasteiger partial charge in [0.1, 0.15) is 11.5 Å². The van der Waals surface area contributed by atoms with Crippen LogP contribution in [0.15, 0.2) is 30.6 Å². The lowest BCUT2D eigenvalue weighted by atomic mass is 9.92. The average Bonchev–Trinajstić information content (AvgIpc) is 3.27. The zero-order valence-electron chi connectivity index (χ0n) is 15.8. The smallest absolute Gasteiger partial charge is 0.152 e. The lowest BCUT2D eigenvalue weighted by Crippen LogP contribution is -2.57. The predicted molar refractivity (Wildman–Crippen MR) is 106 cm³/mol. The normalized spacial score (nSPS) is 16.0. The van der Waals surface area contributed by atoms with E-state index in [2.05, 4.69) is 20.6 Å². The number of aromatic nitrogens is 4. The van der Waals surface area contributed by atoms with E-state index < -0.39 is 5.67 Å². The van der Waals surface area contributed by atoms with Gasteiger partial charge in [0, 0.05) is 24.7 Å². The van der Waals surface area contributed by atoms with Crippen molar-refractivity contribution in [3.05, 3.63) is 42.0 Å². The molecule has 1 saturated heterocycles. The van der Waals surface area contributed by atoms with Crippen LogP contribution in [0.3, 0.4) is 0 Å². The largest absolute Gasteiger partial charge is 0.372 e. The Balaban J connectivity index is 1.71. The van der Waals surface area contributed by atoms with Gasteiger partial charge in [0.15, 0.2) is 5.82 Å². The fraction of sp³-hybridized carbons (Fsp3) is 0.300. The molecule has 0 spiro atoms. The Kier molecular flexibility index (Phi) is 3.44. The fourth-order valence-corrected chi connectivity index (χ4v) is 4.10. The van der Waals surface area contributed by atoms with Gasteiger partial charge in [-0.25, -0.2) is 13.3 Å². The minimum atomic E-state index is -1.29. The topological polar surface area (TPSA) is 61.2 Å². The van der Waals surface area contributed by atoms with Crippen LogP contribution in [0.4, 0.5) is 20.3 Å². The number of hydrogen-bond donors (Lipinski definition) is 2. The molecular weight excluding hydrogens is 362 g/mol. The quantitative estimate of drug-likeness (QED) is 0.564. The van der Waals surface area contributed by atoms with Gasteiger partial charge in [-0.2, -0.15) is 10.2 Å². The molecule has 2 N–H and O–H groups in total. The van der Waals surface area contributed by atoms with Gasteiger partial charge in [0.25, 0.3) is 0 Å². The molecule has 0 atom stereocenters. The first-order valence-corrected chi connectivity index (χ1v) is 9.14. The van der Waals surface area contributed by atoms with Crippen LogP contribution in [0, 0.1) is 12.7 Å². The van der Waals surface area contributed by atoms with E-state index in [0.29, 0.717) is 16.8 Å². The maximum absolute atomic E-state index is 15.4. The third-order valence-corrected chi connectivity index (χ3v) is 5.42. The highest BCUT2D eigenvalue weighted by Crippen LogP contribution is 2.42. The van der Waals surface area contributed by atoms with E-state index >= 15 is 4.39 Å². The van der Waals surface area contributed by atoms with Crippen molar-refractivity contribution in [2.24, 2.45) is 0 Å². The van der Waals surface area contributed by atoms with Crippen molar-refractivity contribution in [3.8, 4) is 11.1 Å². The number of benzene rings is 1. The standard InChI is InChI=1S/C20H20F2N6/c1-11-16(12-4-5-28-13(6-12)7-15(23-3)26-28)14-8-24-25-18(14)19(17(11)21)27-9-20(2,22)10-27/h4-8H,9-10H2,1-3H3,(H,23,26)(H,24,25). The minimum absolute atomic E-state index is 0.172. The SMILES string of the molecule is CNc1cc2cc(-c3c(C)c(F)c(N4CC(C)(F)C4)c4[nH]ncc34)ccn2n1. The van der Waals surface area contributed by atoms with Crippen molar-refractivity contribution >= 4 is 27.9 Å². The predicted octanol–water partition coefficient (Wildman–Crippen LogP) is 3.92. The number of aromatic amines is 1. The van der Waals surface area contributed by atoms with Crippen molar-refractivity contribution in [2.75, 3.05) is 30.4 Å². The van der Waals surface area contributed by atoms with Gasteiger partial charge in [-0.05, 0) is 42.7 Å². The summed E-state index contributed by atoms with van der Waals surface area (Å²) < 4.78 is 31.2. The van der Waals surface area contributed by atoms with E-state index in [-0.39, 0.29) is 18.9 Å². The summed E-state index contributed by atoms with van der Waals surface area (Å²) in [5.74, 6) is 0.419. The van der Waals surface area contributed by atoms with Gasteiger partial charge < -0.3 is 10.2 Å². The molecule has 0 bridgehead atoms. The van der Waals surface area contributed by atoms with Crippen molar-refractivity contribution in [1.29, 1.82) is 0 Å². The summed E-state index contributed by atoms with van der Waals surface area (Å²) in [6.07, 6.45) is 3.56. The van der Waals surface area contributed by atoms with Crippen LogP contribution in [0.25, 0.3) is 27.5 Å². The summed E-state index contributed by atoms with van der Waals surface area (Å²) in [4.78, 5) is 1.73. The second kappa shape index (κ2) is 5.67. The molecule has 0 unspecified atom stereocenters. The molecule has 0 saturated carbocycles. The number of nitrogens with one attached hydrogen (secondary N) is 2. The summed E-state index contributed by atoms with van der Waals surface area (Å²) >= 11 is 0. The molecule has 1 aliphatic heterocycles. The molecule has 4 aromatic rings. The van der Waals surface area contributed by atoms with Crippen LogP contribution < -0.4 is 10.2 Å². The van der Waals surface area contributed by atoms with Crippen LogP contribution >= 0.6 is 0 Å². The monoisotopic (exact) mass is 382 g/mol. The number of nitrogens with zero attached hydrogens (tertiary/aromatic N) is 4. The molecule has 4 heterocycles. The molecule has 8 heteroatoms. The molecule has 3 aromatic heterocycles. The summed E-state index contributed by atoms with van der Waals surface area (Å²) in [7, 11) is 1.81. The van der Waals surface area contributed by atoms with Crippen LogP contribution in [0.5, 0.6) is 0 Å². The number of anilines is 2.